The van der Waals surface area contributed by atoms with Gasteiger partial charge < -0.3 is 4.57 Å². The quantitative estimate of drug-likeness (QED) is 0.744. The molecule has 1 heterocycles. The summed E-state index contributed by atoms with van der Waals surface area (Å²) in [6, 6.07) is 0.503. The highest BCUT2D eigenvalue weighted by Gasteiger charge is 2.05. The van der Waals surface area contributed by atoms with Crippen LogP contribution in [0.1, 0.15) is 32.6 Å². The average Bonchev–Trinajstić information content (AvgIpc) is 2.30. The molecule has 0 unspecified atom stereocenters. The van der Waals surface area contributed by atoms with Gasteiger partial charge in [-0.1, -0.05) is 6.92 Å². The van der Waals surface area contributed by atoms with Crippen LogP contribution in [-0.2, 0) is 6.42 Å². The number of rotatable bonds is 2. The molecule has 62 valence electrons. The molecule has 1 aromatic rings. The Morgan fingerprint density at radius 2 is 2.27 bits per heavy atom. The van der Waals surface area contributed by atoms with Crippen LogP contribution < -0.4 is 0 Å². The molecule has 0 radical (unpaired) electrons. The van der Waals surface area contributed by atoms with Crippen LogP contribution in [0.4, 0.5) is 0 Å². The fourth-order valence-electron chi connectivity index (χ4n) is 1.11. The maximum atomic E-state index is 4.33. The van der Waals surface area contributed by atoms with Crippen LogP contribution in [0.2, 0.25) is 0 Å². The lowest BCUT2D eigenvalue weighted by molar-refractivity contribution is 0.571. The fraction of sp³-hybridized carbons (Fsp3) is 0.625. The summed E-state index contributed by atoms with van der Waals surface area (Å²) in [5, 5.41) is 0. The highest BCUT2D eigenvalue weighted by Crippen LogP contribution is 2.15. The number of imidazole rings is 1. The van der Waals surface area contributed by atoms with Gasteiger partial charge in [-0.05, 0) is 29.8 Å². The van der Waals surface area contributed by atoms with Crippen molar-refractivity contribution < 1.29 is 0 Å². The second-order valence-electron chi connectivity index (χ2n) is 2.83. The molecule has 0 bridgehead atoms. The summed E-state index contributed by atoms with van der Waals surface area (Å²) in [5.74, 6) is 1.15. The highest BCUT2D eigenvalue weighted by atomic mass is 79.9. The van der Waals surface area contributed by atoms with Crippen molar-refractivity contribution in [3.8, 4) is 0 Å². The van der Waals surface area contributed by atoms with E-state index in [0.717, 1.165) is 16.8 Å². The van der Waals surface area contributed by atoms with Crippen molar-refractivity contribution in [2.45, 2.75) is 33.2 Å². The van der Waals surface area contributed by atoms with E-state index in [9.17, 15) is 0 Å². The zero-order chi connectivity index (χ0) is 8.43. The molecule has 1 rings (SSSR count). The summed E-state index contributed by atoms with van der Waals surface area (Å²) in [6.45, 7) is 6.44. The molecule has 0 atom stereocenters. The van der Waals surface area contributed by atoms with Gasteiger partial charge in [-0.15, -0.1) is 0 Å². The lowest BCUT2D eigenvalue weighted by Gasteiger charge is -2.08. The molecule has 0 aliphatic rings. The first-order valence-corrected chi connectivity index (χ1v) is 4.67. The van der Waals surface area contributed by atoms with Crippen molar-refractivity contribution in [3.63, 3.8) is 0 Å². The monoisotopic (exact) mass is 216 g/mol. The van der Waals surface area contributed by atoms with Crippen LogP contribution in [0.5, 0.6) is 0 Å². The number of aryl methyl sites for hydroxylation is 1. The number of halogens is 1. The number of hydrogen-bond donors (Lipinski definition) is 0. The predicted octanol–water partition coefficient (Wildman–Crippen LogP) is 2.79. The predicted molar refractivity (Wildman–Crippen MR) is 49.7 cm³/mol. The Bertz CT molecular complexity index is 240. The standard InChI is InChI=1S/C8H13BrN2/c1-4-8-10-7(9)5-11(8)6(2)3/h5-6H,4H2,1-3H3. The Morgan fingerprint density at radius 3 is 2.64 bits per heavy atom. The molecule has 1 aromatic heterocycles. The third kappa shape index (κ3) is 1.83. The first kappa shape index (κ1) is 8.78. The van der Waals surface area contributed by atoms with Gasteiger partial charge in [0.05, 0.1) is 0 Å². The van der Waals surface area contributed by atoms with Crippen LogP contribution in [0.15, 0.2) is 10.8 Å². The summed E-state index contributed by atoms with van der Waals surface area (Å²) in [5.41, 5.74) is 0. The van der Waals surface area contributed by atoms with Crippen molar-refractivity contribution in [2.24, 2.45) is 0 Å². The van der Waals surface area contributed by atoms with E-state index >= 15 is 0 Å². The second kappa shape index (κ2) is 3.39. The number of hydrogen-bond acceptors (Lipinski definition) is 1. The SMILES string of the molecule is CCc1nc(Br)cn1C(C)C. The summed E-state index contributed by atoms with van der Waals surface area (Å²) in [4.78, 5) is 4.33. The minimum atomic E-state index is 0.503. The van der Waals surface area contributed by atoms with Crippen LogP contribution >= 0.6 is 15.9 Å². The summed E-state index contributed by atoms with van der Waals surface area (Å²) in [6.07, 6.45) is 3.02. The van der Waals surface area contributed by atoms with Gasteiger partial charge in [0, 0.05) is 18.7 Å². The van der Waals surface area contributed by atoms with Gasteiger partial charge in [0.15, 0.2) is 0 Å². The minimum absolute atomic E-state index is 0.503. The summed E-state index contributed by atoms with van der Waals surface area (Å²) < 4.78 is 3.12. The molecule has 0 aliphatic carbocycles. The third-order valence-corrected chi connectivity index (χ3v) is 2.03. The van der Waals surface area contributed by atoms with E-state index in [1.165, 1.54) is 0 Å². The van der Waals surface area contributed by atoms with Gasteiger partial charge in [0.25, 0.3) is 0 Å². The second-order valence-corrected chi connectivity index (χ2v) is 3.65. The Kier molecular flexibility index (Phi) is 2.71. The number of nitrogens with zero attached hydrogens (tertiary/aromatic N) is 2. The maximum Gasteiger partial charge on any atom is 0.124 e. The van der Waals surface area contributed by atoms with Gasteiger partial charge in [-0.3, -0.25) is 0 Å². The topological polar surface area (TPSA) is 17.8 Å². The van der Waals surface area contributed by atoms with E-state index in [0.29, 0.717) is 6.04 Å². The molecule has 0 saturated carbocycles. The van der Waals surface area contributed by atoms with Gasteiger partial charge >= 0.3 is 0 Å². The minimum Gasteiger partial charge on any atom is -0.331 e. The van der Waals surface area contributed by atoms with E-state index in [1.807, 2.05) is 6.20 Å². The molecular weight excluding hydrogens is 204 g/mol. The Labute approximate surface area is 75.8 Å². The van der Waals surface area contributed by atoms with Crippen LogP contribution in [0.25, 0.3) is 0 Å². The summed E-state index contributed by atoms with van der Waals surface area (Å²) >= 11 is 3.36. The van der Waals surface area contributed by atoms with Crippen molar-refractivity contribution in [1.29, 1.82) is 0 Å². The van der Waals surface area contributed by atoms with Crippen molar-refractivity contribution in [3.05, 3.63) is 16.6 Å². The van der Waals surface area contributed by atoms with Crippen molar-refractivity contribution in [1.82, 2.24) is 9.55 Å². The van der Waals surface area contributed by atoms with E-state index in [2.05, 4.69) is 46.3 Å². The molecule has 0 N–H and O–H groups in total. The normalized spacial score (nSPS) is 11.0. The van der Waals surface area contributed by atoms with Crippen LogP contribution in [-0.4, -0.2) is 9.55 Å². The first-order chi connectivity index (χ1) is 5.15. The van der Waals surface area contributed by atoms with Crippen molar-refractivity contribution >= 4 is 15.9 Å². The average molecular weight is 217 g/mol. The smallest absolute Gasteiger partial charge is 0.124 e. The number of aromatic nitrogens is 2. The molecule has 0 aliphatic heterocycles. The third-order valence-electron chi connectivity index (χ3n) is 1.65. The fourth-order valence-corrected chi connectivity index (χ4v) is 1.53. The zero-order valence-corrected chi connectivity index (χ0v) is 8.72. The van der Waals surface area contributed by atoms with E-state index in [1.54, 1.807) is 0 Å². The van der Waals surface area contributed by atoms with E-state index in [4.69, 9.17) is 0 Å². The van der Waals surface area contributed by atoms with Gasteiger partial charge in [0.1, 0.15) is 10.4 Å². The van der Waals surface area contributed by atoms with E-state index in [-0.39, 0.29) is 0 Å². The van der Waals surface area contributed by atoms with Crippen LogP contribution in [0, 0.1) is 0 Å². The van der Waals surface area contributed by atoms with Crippen LogP contribution in [0.3, 0.4) is 0 Å². The van der Waals surface area contributed by atoms with Crippen molar-refractivity contribution in [2.75, 3.05) is 0 Å². The molecule has 0 saturated heterocycles. The highest BCUT2D eigenvalue weighted by molar-refractivity contribution is 9.10. The Balaban J connectivity index is 3.02. The summed E-state index contributed by atoms with van der Waals surface area (Å²) in [7, 11) is 0. The lowest BCUT2D eigenvalue weighted by atomic mass is 10.3. The van der Waals surface area contributed by atoms with Gasteiger partial charge in [0.2, 0.25) is 0 Å². The maximum absolute atomic E-state index is 4.33. The molecule has 0 spiro atoms. The molecule has 11 heavy (non-hydrogen) atoms. The first-order valence-electron chi connectivity index (χ1n) is 3.88. The van der Waals surface area contributed by atoms with Gasteiger partial charge in [-0.25, -0.2) is 4.98 Å². The molecule has 0 aromatic carbocycles. The molecule has 0 amide bonds. The molecular formula is C8H13BrN2. The largest absolute Gasteiger partial charge is 0.331 e. The Hall–Kier alpha value is -0.310. The van der Waals surface area contributed by atoms with Gasteiger partial charge in [-0.2, -0.15) is 0 Å². The lowest BCUT2D eigenvalue weighted by Crippen LogP contribution is -2.03. The Morgan fingerprint density at radius 1 is 1.64 bits per heavy atom. The molecule has 0 fully saturated rings. The zero-order valence-electron chi connectivity index (χ0n) is 7.13. The molecule has 3 heteroatoms. The molecule has 2 nitrogen and oxygen atoms in total. The van der Waals surface area contributed by atoms with E-state index < -0.39 is 0 Å².